The first-order chi connectivity index (χ1) is 9.32. The first-order valence-corrected chi connectivity index (χ1v) is 8.92. The van der Waals surface area contributed by atoms with Gasteiger partial charge in [-0.05, 0) is 52.7 Å². The molecule has 116 valence electrons. The van der Waals surface area contributed by atoms with Crippen LogP contribution in [-0.4, -0.2) is 45.6 Å². The molecule has 1 saturated carbocycles. The monoisotopic (exact) mass is 300 g/mol. The van der Waals surface area contributed by atoms with Crippen LogP contribution in [0.1, 0.15) is 46.5 Å². The number of hydrogen-bond acceptors (Lipinski definition) is 4. The van der Waals surface area contributed by atoms with Crippen LogP contribution in [0.4, 0.5) is 0 Å². The molecule has 0 radical (unpaired) electrons. The minimum atomic E-state index is -0.701. The lowest BCUT2D eigenvalue weighted by Crippen LogP contribution is -2.52. The molecule has 20 heavy (non-hydrogen) atoms. The maximum Gasteiger partial charge on any atom is 0.0980 e. The van der Waals surface area contributed by atoms with Gasteiger partial charge in [-0.1, -0.05) is 11.6 Å². The SMILES string of the molecule is CSCC1(O)CCC(O)CC1C1(C)OC1CC=C(C)C. The molecule has 0 aromatic heterocycles. The van der Waals surface area contributed by atoms with E-state index >= 15 is 0 Å². The third-order valence-electron chi connectivity index (χ3n) is 4.87. The number of epoxide rings is 1. The molecule has 0 spiro atoms. The lowest BCUT2D eigenvalue weighted by atomic mass is 9.68. The Morgan fingerprint density at radius 3 is 2.75 bits per heavy atom. The summed E-state index contributed by atoms with van der Waals surface area (Å²) in [6.45, 7) is 6.28. The van der Waals surface area contributed by atoms with Gasteiger partial charge in [0.15, 0.2) is 0 Å². The fourth-order valence-corrected chi connectivity index (χ4v) is 4.44. The molecule has 5 unspecified atom stereocenters. The molecule has 1 aliphatic carbocycles. The van der Waals surface area contributed by atoms with Gasteiger partial charge in [-0.2, -0.15) is 11.8 Å². The van der Waals surface area contributed by atoms with Crippen molar-refractivity contribution < 1.29 is 14.9 Å². The van der Waals surface area contributed by atoms with Gasteiger partial charge in [0.2, 0.25) is 0 Å². The minimum Gasteiger partial charge on any atom is -0.393 e. The van der Waals surface area contributed by atoms with E-state index in [0.29, 0.717) is 19.3 Å². The molecule has 0 aromatic rings. The van der Waals surface area contributed by atoms with Crippen LogP contribution in [0, 0.1) is 5.92 Å². The van der Waals surface area contributed by atoms with Crippen molar-refractivity contribution in [2.75, 3.05) is 12.0 Å². The highest BCUT2D eigenvalue weighted by Crippen LogP contribution is 2.54. The van der Waals surface area contributed by atoms with E-state index < -0.39 is 5.60 Å². The maximum absolute atomic E-state index is 11.0. The summed E-state index contributed by atoms with van der Waals surface area (Å²) in [5, 5.41) is 21.0. The fourth-order valence-electron chi connectivity index (χ4n) is 3.59. The molecule has 4 heteroatoms. The lowest BCUT2D eigenvalue weighted by molar-refractivity contribution is -0.0885. The summed E-state index contributed by atoms with van der Waals surface area (Å²) in [4.78, 5) is 0. The number of hydrogen-bond donors (Lipinski definition) is 2. The Kier molecular flexibility index (Phi) is 4.90. The summed E-state index contributed by atoms with van der Waals surface area (Å²) >= 11 is 1.68. The molecule has 5 atom stereocenters. The van der Waals surface area contributed by atoms with Crippen LogP contribution in [0.2, 0.25) is 0 Å². The van der Waals surface area contributed by atoms with E-state index in [4.69, 9.17) is 4.74 Å². The van der Waals surface area contributed by atoms with Crippen molar-refractivity contribution in [2.24, 2.45) is 5.92 Å². The van der Waals surface area contributed by atoms with E-state index in [2.05, 4.69) is 26.8 Å². The van der Waals surface area contributed by atoms with E-state index in [1.807, 2.05) is 6.26 Å². The molecule has 2 rings (SSSR count). The van der Waals surface area contributed by atoms with Gasteiger partial charge < -0.3 is 14.9 Å². The highest BCUT2D eigenvalue weighted by atomic mass is 32.2. The van der Waals surface area contributed by atoms with Crippen LogP contribution >= 0.6 is 11.8 Å². The third-order valence-corrected chi connectivity index (χ3v) is 5.66. The summed E-state index contributed by atoms with van der Waals surface area (Å²) in [5.41, 5.74) is 0.316. The summed E-state index contributed by atoms with van der Waals surface area (Å²) in [6, 6.07) is 0. The summed E-state index contributed by atoms with van der Waals surface area (Å²) < 4.78 is 5.96. The van der Waals surface area contributed by atoms with E-state index in [1.165, 1.54) is 5.57 Å². The second-order valence-electron chi connectivity index (χ2n) is 6.82. The van der Waals surface area contributed by atoms with E-state index in [1.54, 1.807) is 11.8 Å². The van der Waals surface area contributed by atoms with Gasteiger partial charge in [0, 0.05) is 11.7 Å². The number of allylic oxidation sites excluding steroid dienone is 1. The normalized spacial score (nSPS) is 44.2. The van der Waals surface area contributed by atoms with E-state index in [0.717, 1.165) is 12.2 Å². The number of aliphatic hydroxyl groups excluding tert-OH is 1. The Bertz CT molecular complexity index is 380. The zero-order valence-corrected chi connectivity index (χ0v) is 13.9. The molecule has 2 fully saturated rings. The average molecular weight is 300 g/mol. The summed E-state index contributed by atoms with van der Waals surface area (Å²) in [5.74, 6) is 0.750. The predicted octanol–water partition coefficient (Wildman–Crippen LogP) is 2.76. The smallest absolute Gasteiger partial charge is 0.0980 e. The van der Waals surface area contributed by atoms with Crippen molar-refractivity contribution in [2.45, 2.75) is 69.9 Å². The Hall–Kier alpha value is -0.0300. The van der Waals surface area contributed by atoms with Gasteiger partial charge >= 0.3 is 0 Å². The predicted molar refractivity (Wildman–Crippen MR) is 84.0 cm³/mol. The third kappa shape index (κ3) is 3.24. The number of aliphatic hydroxyl groups is 2. The molecule has 0 amide bonds. The maximum atomic E-state index is 11.0. The van der Waals surface area contributed by atoms with Crippen LogP contribution < -0.4 is 0 Å². The molecule has 3 nitrogen and oxygen atoms in total. The standard InChI is InChI=1S/C16H28O3S/c1-11(2)5-6-14-15(3,19-14)13-9-12(17)7-8-16(13,18)10-20-4/h5,12-14,17-18H,6-10H2,1-4H3. The Labute approximate surface area is 126 Å². The minimum absolute atomic E-state index is 0.0294. The van der Waals surface area contributed by atoms with Crippen molar-refractivity contribution in [1.29, 1.82) is 0 Å². The summed E-state index contributed by atoms with van der Waals surface area (Å²) in [6.07, 6.45) is 7.03. The fraction of sp³-hybridized carbons (Fsp3) is 0.875. The molecular formula is C16H28O3S. The molecular weight excluding hydrogens is 272 g/mol. The molecule has 0 aromatic carbocycles. The molecule has 2 N–H and O–H groups in total. The first-order valence-electron chi connectivity index (χ1n) is 7.52. The lowest BCUT2D eigenvalue weighted by Gasteiger charge is -2.43. The van der Waals surface area contributed by atoms with E-state index in [9.17, 15) is 10.2 Å². The van der Waals surface area contributed by atoms with Crippen molar-refractivity contribution in [3.05, 3.63) is 11.6 Å². The van der Waals surface area contributed by atoms with E-state index in [-0.39, 0.29) is 23.7 Å². The molecule has 1 saturated heterocycles. The van der Waals surface area contributed by atoms with Crippen LogP contribution in [0.5, 0.6) is 0 Å². The van der Waals surface area contributed by atoms with Crippen LogP contribution in [-0.2, 0) is 4.74 Å². The van der Waals surface area contributed by atoms with Gasteiger partial charge in [0.25, 0.3) is 0 Å². The molecule has 2 aliphatic rings. The average Bonchev–Trinajstić information content (AvgIpc) is 3.03. The van der Waals surface area contributed by atoms with Crippen LogP contribution in [0.15, 0.2) is 11.6 Å². The Balaban J connectivity index is 2.10. The van der Waals surface area contributed by atoms with Gasteiger partial charge in [-0.3, -0.25) is 0 Å². The van der Waals surface area contributed by atoms with Gasteiger partial charge in [-0.25, -0.2) is 0 Å². The van der Waals surface area contributed by atoms with Crippen molar-refractivity contribution in [3.63, 3.8) is 0 Å². The molecule has 0 bridgehead atoms. The second-order valence-corrected chi connectivity index (χ2v) is 7.69. The van der Waals surface area contributed by atoms with Gasteiger partial charge in [0.05, 0.1) is 23.4 Å². The molecule has 1 aliphatic heterocycles. The van der Waals surface area contributed by atoms with Gasteiger partial charge in [-0.15, -0.1) is 0 Å². The zero-order valence-electron chi connectivity index (χ0n) is 13.1. The highest BCUT2D eigenvalue weighted by Gasteiger charge is 2.63. The number of ether oxygens (including phenoxy) is 1. The van der Waals surface area contributed by atoms with Crippen LogP contribution in [0.25, 0.3) is 0 Å². The first kappa shape index (κ1) is 16.3. The Morgan fingerprint density at radius 2 is 2.15 bits per heavy atom. The zero-order chi connectivity index (χ0) is 15.0. The second kappa shape index (κ2) is 5.99. The topological polar surface area (TPSA) is 53.0 Å². The van der Waals surface area contributed by atoms with Crippen molar-refractivity contribution >= 4 is 11.8 Å². The molecule has 1 heterocycles. The quantitative estimate of drug-likeness (QED) is 0.605. The Morgan fingerprint density at radius 1 is 1.45 bits per heavy atom. The summed E-state index contributed by atoms with van der Waals surface area (Å²) in [7, 11) is 0. The van der Waals surface area contributed by atoms with Crippen molar-refractivity contribution in [1.82, 2.24) is 0 Å². The van der Waals surface area contributed by atoms with Crippen LogP contribution in [0.3, 0.4) is 0 Å². The van der Waals surface area contributed by atoms with Crippen molar-refractivity contribution in [3.8, 4) is 0 Å². The number of thioether (sulfide) groups is 1. The largest absolute Gasteiger partial charge is 0.393 e. The number of rotatable bonds is 5. The van der Waals surface area contributed by atoms with Gasteiger partial charge in [0.1, 0.15) is 0 Å². The highest BCUT2D eigenvalue weighted by molar-refractivity contribution is 7.98.